The molecule has 1 aliphatic rings. The molecule has 0 unspecified atom stereocenters. The van der Waals surface area contributed by atoms with Crippen LogP contribution in [-0.4, -0.2) is 4.98 Å². The summed E-state index contributed by atoms with van der Waals surface area (Å²) in [5, 5.41) is 6.19. The van der Waals surface area contributed by atoms with Crippen molar-refractivity contribution in [3.8, 4) is 33.5 Å². The fraction of sp³-hybridized carbons (Fsp3) is 0. The third kappa shape index (κ3) is 2.69. The number of fused-ring (bicyclic) bond motifs is 5. The van der Waals surface area contributed by atoms with Crippen LogP contribution in [0.5, 0.6) is 0 Å². The summed E-state index contributed by atoms with van der Waals surface area (Å²) in [4.78, 5) is 5.03. The van der Waals surface area contributed by atoms with E-state index < -0.39 is 0 Å². The fourth-order valence-corrected chi connectivity index (χ4v) is 4.84. The Kier molecular flexibility index (Phi) is 4.08. The number of nitrogens with zero attached hydrogens (tertiary/aromatic N) is 1. The van der Waals surface area contributed by atoms with Gasteiger partial charge in [0.15, 0.2) is 0 Å². The van der Waals surface area contributed by atoms with Gasteiger partial charge in [-0.1, -0.05) is 84.2 Å². The van der Waals surface area contributed by atoms with Crippen molar-refractivity contribution < 1.29 is 20.1 Å². The van der Waals surface area contributed by atoms with Crippen LogP contribution >= 0.6 is 0 Å². The molecule has 6 aromatic rings. The Bertz CT molecular complexity index is 1650. The third-order valence-electron chi connectivity index (χ3n) is 6.25. The van der Waals surface area contributed by atoms with Gasteiger partial charge >= 0.3 is 0 Å². The van der Waals surface area contributed by atoms with Crippen LogP contribution in [0.1, 0.15) is 0 Å². The molecule has 0 N–H and O–H groups in total. The molecule has 1 aliphatic carbocycles. The molecule has 0 aliphatic heterocycles. The van der Waals surface area contributed by atoms with E-state index in [-0.39, 0.29) is 20.1 Å². The average Bonchev–Trinajstić information content (AvgIpc) is 3.13. The zero-order valence-electron chi connectivity index (χ0n) is 16.5. The van der Waals surface area contributed by atoms with Gasteiger partial charge in [0, 0.05) is 25.5 Å². The van der Waals surface area contributed by atoms with E-state index in [9.17, 15) is 0 Å². The molecule has 147 valence electrons. The van der Waals surface area contributed by atoms with Gasteiger partial charge in [-0.2, -0.15) is 0 Å². The molecular weight excluding hydrogens is 555 g/mol. The Labute approximate surface area is 193 Å². The summed E-state index contributed by atoms with van der Waals surface area (Å²) in [6, 6.07) is 38.1. The summed E-state index contributed by atoms with van der Waals surface area (Å²) in [5.41, 5.74) is 8.19. The van der Waals surface area contributed by atoms with Crippen LogP contribution in [0.15, 0.2) is 97.1 Å². The molecular formula is C29H16IrN-. The van der Waals surface area contributed by atoms with E-state index >= 15 is 0 Å². The second kappa shape index (κ2) is 6.85. The number of benzene rings is 5. The molecule has 1 nitrogen and oxygen atoms in total. The van der Waals surface area contributed by atoms with Crippen molar-refractivity contribution >= 4 is 32.4 Å². The molecule has 0 spiro atoms. The molecule has 0 atom stereocenters. The number of rotatable bonds is 1. The van der Waals surface area contributed by atoms with Crippen molar-refractivity contribution in [1.82, 2.24) is 4.98 Å². The van der Waals surface area contributed by atoms with Crippen LogP contribution in [0.25, 0.3) is 66.0 Å². The monoisotopic (exact) mass is 571 g/mol. The maximum absolute atomic E-state index is 5.03. The SMILES string of the molecule is [Ir].[c-]1cc2cc3ccccc3cc2cc1-c1cc2c3c(cccc3n1)-c1ccccc1-2. The normalized spacial score (nSPS) is 11.6. The Hall–Kier alpha value is -3.32. The molecule has 0 saturated heterocycles. The van der Waals surface area contributed by atoms with Crippen LogP contribution in [0, 0.1) is 6.07 Å². The van der Waals surface area contributed by atoms with Gasteiger partial charge in [-0.15, -0.1) is 29.1 Å². The first-order valence-corrected chi connectivity index (χ1v) is 10.2. The summed E-state index contributed by atoms with van der Waals surface area (Å²) in [6.45, 7) is 0. The topological polar surface area (TPSA) is 12.9 Å². The predicted octanol–water partition coefficient (Wildman–Crippen LogP) is 7.65. The van der Waals surface area contributed by atoms with E-state index in [1.54, 1.807) is 0 Å². The van der Waals surface area contributed by atoms with E-state index in [0.717, 1.165) is 16.8 Å². The zero-order chi connectivity index (χ0) is 19.7. The number of hydrogen-bond donors (Lipinski definition) is 0. The average molecular weight is 571 g/mol. The summed E-state index contributed by atoms with van der Waals surface area (Å²) in [5.74, 6) is 0. The van der Waals surface area contributed by atoms with Crippen LogP contribution in [-0.2, 0) is 20.1 Å². The maximum atomic E-state index is 5.03. The largest absolute Gasteiger partial charge is 0.296 e. The van der Waals surface area contributed by atoms with E-state index in [0.29, 0.717) is 0 Å². The molecule has 0 fully saturated rings. The van der Waals surface area contributed by atoms with Crippen LogP contribution in [0.4, 0.5) is 0 Å². The van der Waals surface area contributed by atoms with E-state index in [1.807, 2.05) is 0 Å². The first-order valence-electron chi connectivity index (χ1n) is 10.2. The molecule has 1 aromatic heterocycles. The van der Waals surface area contributed by atoms with Crippen molar-refractivity contribution in [2.24, 2.45) is 0 Å². The quantitative estimate of drug-likeness (QED) is 0.146. The second-order valence-corrected chi connectivity index (χ2v) is 7.98. The van der Waals surface area contributed by atoms with Crippen LogP contribution < -0.4 is 0 Å². The Balaban J connectivity index is 0.00000185. The molecule has 2 heteroatoms. The molecule has 0 saturated carbocycles. The molecule has 0 amide bonds. The molecule has 31 heavy (non-hydrogen) atoms. The Morgan fingerprint density at radius 1 is 0.548 bits per heavy atom. The van der Waals surface area contributed by atoms with Crippen molar-refractivity contribution in [1.29, 1.82) is 0 Å². The maximum Gasteiger partial charge on any atom is 0.0607 e. The van der Waals surface area contributed by atoms with Gasteiger partial charge in [-0.25, -0.2) is 0 Å². The number of aromatic nitrogens is 1. The Morgan fingerprint density at radius 2 is 1.23 bits per heavy atom. The first kappa shape index (κ1) is 18.4. The van der Waals surface area contributed by atoms with Crippen molar-refractivity contribution in [3.05, 3.63) is 103 Å². The van der Waals surface area contributed by atoms with Gasteiger partial charge in [-0.05, 0) is 44.8 Å². The smallest absolute Gasteiger partial charge is 0.0607 e. The van der Waals surface area contributed by atoms with E-state index in [4.69, 9.17) is 4.98 Å². The van der Waals surface area contributed by atoms with Crippen LogP contribution in [0.3, 0.4) is 0 Å². The van der Waals surface area contributed by atoms with Gasteiger partial charge in [0.2, 0.25) is 0 Å². The summed E-state index contributed by atoms with van der Waals surface area (Å²) in [6.07, 6.45) is 0. The minimum atomic E-state index is 0. The van der Waals surface area contributed by atoms with Crippen molar-refractivity contribution in [2.75, 3.05) is 0 Å². The first-order chi connectivity index (χ1) is 14.8. The standard InChI is InChI=1S/C29H16N.Ir/c1-2-7-19-15-22-16-21(13-12-20(22)14-18(19)6-1)28-17-26-24-9-4-3-8-23(24)25-10-5-11-27(30-28)29(25)26;/h1-12,14-17H;/q-1;. The van der Waals surface area contributed by atoms with Gasteiger partial charge in [-0.3, -0.25) is 4.98 Å². The minimum Gasteiger partial charge on any atom is -0.296 e. The summed E-state index contributed by atoms with van der Waals surface area (Å²) >= 11 is 0. The van der Waals surface area contributed by atoms with Crippen LogP contribution in [0.2, 0.25) is 0 Å². The second-order valence-electron chi connectivity index (χ2n) is 7.98. The van der Waals surface area contributed by atoms with Crippen molar-refractivity contribution in [2.45, 2.75) is 0 Å². The zero-order valence-corrected chi connectivity index (χ0v) is 18.9. The Morgan fingerprint density at radius 3 is 2.03 bits per heavy atom. The molecule has 0 bridgehead atoms. The fourth-order valence-electron chi connectivity index (χ4n) is 4.84. The summed E-state index contributed by atoms with van der Waals surface area (Å²) in [7, 11) is 0. The van der Waals surface area contributed by atoms with E-state index in [2.05, 4.69) is 103 Å². The van der Waals surface area contributed by atoms with Gasteiger partial charge in [0.1, 0.15) is 0 Å². The van der Waals surface area contributed by atoms with Crippen molar-refractivity contribution in [3.63, 3.8) is 0 Å². The predicted molar refractivity (Wildman–Crippen MR) is 125 cm³/mol. The van der Waals surface area contributed by atoms with E-state index in [1.165, 1.54) is 49.2 Å². The van der Waals surface area contributed by atoms with Gasteiger partial charge in [0.05, 0.1) is 5.52 Å². The van der Waals surface area contributed by atoms with Gasteiger partial charge < -0.3 is 0 Å². The third-order valence-corrected chi connectivity index (χ3v) is 6.25. The number of hydrogen-bond acceptors (Lipinski definition) is 1. The van der Waals surface area contributed by atoms with Gasteiger partial charge in [0.25, 0.3) is 0 Å². The summed E-state index contributed by atoms with van der Waals surface area (Å²) < 4.78 is 0. The molecule has 5 aromatic carbocycles. The molecule has 7 rings (SSSR count). The number of pyridine rings is 1. The minimum absolute atomic E-state index is 0. The molecule has 1 heterocycles. The molecule has 1 radical (unpaired) electrons.